The van der Waals surface area contributed by atoms with Crippen molar-refractivity contribution in [3.05, 3.63) is 51.6 Å². The Hall–Kier alpha value is -2.65. The van der Waals surface area contributed by atoms with Crippen molar-refractivity contribution in [3.63, 3.8) is 0 Å². The van der Waals surface area contributed by atoms with Gasteiger partial charge in [-0.25, -0.2) is 4.98 Å². The van der Waals surface area contributed by atoms with Gasteiger partial charge in [-0.2, -0.15) is 0 Å². The van der Waals surface area contributed by atoms with Crippen LogP contribution in [0.1, 0.15) is 18.4 Å². The number of carbonyl (C=O) groups is 2. The van der Waals surface area contributed by atoms with Gasteiger partial charge in [0.05, 0.1) is 5.52 Å². The first-order chi connectivity index (χ1) is 13.5. The van der Waals surface area contributed by atoms with E-state index in [1.165, 1.54) is 27.7 Å². The van der Waals surface area contributed by atoms with E-state index in [1.807, 2.05) is 24.3 Å². The average Bonchev–Trinajstić information content (AvgIpc) is 3.32. The van der Waals surface area contributed by atoms with Crippen LogP contribution in [-0.4, -0.2) is 33.1 Å². The smallest absolute Gasteiger partial charge is 0.323 e. The number of nitrogens with zero attached hydrogens (tertiary/aromatic N) is 3. The van der Waals surface area contributed by atoms with Gasteiger partial charge in [0, 0.05) is 24.4 Å². The van der Waals surface area contributed by atoms with Crippen LogP contribution in [0.15, 0.2) is 45.7 Å². The third kappa shape index (κ3) is 3.67. The minimum atomic E-state index is -1.08. The summed E-state index contributed by atoms with van der Waals surface area (Å²) in [7, 11) is 0. The molecule has 0 unspecified atom stereocenters. The molecule has 0 bridgehead atoms. The molecule has 7 nitrogen and oxygen atoms in total. The largest absolute Gasteiger partial charge is 0.480 e. The summed E-state index contributed by atoms with van der Waals surface area (Å²) >= 11 is 2.59. The van der Waals surface area contributed by atoms with E-state index in [2.05, 4.69) is 4.98 Å². The summed E-state index contributed by atoms with van der Waals surface area (Å²) < 4.78 is 1.67. The molecule has 3 aromatic rings. The minimum absolute atomic E-state index is 0.146. The summed E-state index contributed by atoms with van der Waals surface area (Å²) in [4.78, 5) is 41.9. The maximum Gasteiger partial charge on any atom is 0.323 e. The number of carbonyl (C=O) groups excluding carboxylic acids is 1. The average molecular weight is 415 g/mol. The molecule has 1 N–H and O–H groups in total. The lowest BCUT2D eigenvalue weighted by molar-refractivity contribution is -0.137. The SMILES string of the molecule is O=C(O)Cn1c(SCc2ccc(N3CCCC3=O)cc2)nc2ccsc2c1=O. The number of aliphatic carboxylic acids is 1. The van der Waals surface area contributed by atoms with E-state index in [4.69, 9.17) is 5.11 Å². The molecule has 0 aliphatic carbocycles. The monoisotopic (exact) mass is 415 g/mol. The van der Waals surface area contributed by atoms with E-state index in [0.717, 1.165) is 24.2 Å². The molecule has 4 rings (SSSR count). The lowest BCUT2D eigenvalue weighted by Gasteiger charge is -2.16. The molecule has 1 amide bonds. The predicted octanol–water partition coefficient (Wildman–Crippen LogP) is 2.96. The molecule has 1 aliphatic heterocycles. The van der Waals surface area contributed by atoms with Gasteiger partial charge >= 0.3 is 5.97 Å². The molecule has 1 aliphatic rings. The first-order valence-corrected chi connectivity index (χ1v) is 10.6. The van der Waals surface area contributed by atoms with Crippen LogP contribution >= 0.6 is 23.1 Å². The van der Waals surface area contributed by atoms with Gasteiger partial charge in [-0.3, -0.25) is 19.0 Å². The van der Waals surface area contributed by atoms with Gasteiger partial charge in [-0.1, -0.05) is 23.9 Å². The number of rotatable bonds is 6. The second-order valence-electron chi connectivity index (χ2n) is 6.42. The van der Waals surface area contributed by atoms with Crippen molar-refractivity contribution in [2.75, 3.05) is 11.4 Å². The van der Waals surface area contributed by atoms with Crippen LogP contribution < -0.4 is 10.5 Å². The number of amides is 1. The van der Waals surface area contributed by atoms with Gasteiger partial charge < -0.3 is 10.0 Å². The standard InChI is InChI=1S/C19H17N3O4S2/c23-15-2-1-8-21(15)13-5-3-12(4-6-13)11-28-19-20-14-7-9-27-17(14)18(26)22(19)10-16(24)25/h3-7,9H,1-2,8,10-11H2,(H,24,25). The van der Waals surface area contributed by atoms with Crippen molar-refractivity contribution >= 4 is 50.9 Å². The maximum atomic E-state index is 12.6. The summed E-state index contributed by atoms with van der Waals surface area (Å²) in [6, 6.07) is 9.48. The second-order valence-corrected chi connectivity index (χ2v) is 8.28. The van der Waals surface area contributed by atoms with Crippen molar-refractivity contribution in [2.24, 2.45) is 0 Å². The van der Waals surface area contributed by atoms with Crippen molar-refractivity contribution in [3.8, 4) is 0 Å². The maximum absolute atomic E-state index is 12.6. The Morgan fingerprint density at radius 3 is 2.68 bits per heavy atom. The fourth-order valence-electron chi connectivity index (χ4n) is 3.15. The molecular weight excluding hydrogens is 398 g/mol. The van der Waals surface area contributed by atoms with E-state index in [1.54, 1.807) is 16.3 Å². The first-order valence-electron chi connectivity index (χ1n) is 8.75. The molecule has 2 aromatic heterocycles. The highest BCUT2D eigenvalue weighted by atomic mass is 32.2. The summed E-state index contributed by atoms with van der Waals surface area (Å²) in [5, 5.41) is 11.3. The molecule has 0 saturated carbocycles. The van der Waals surface area contributed by atoms with Crippen molar-refractivity contribution < 1.29 is 14.7 Å². The lowest BCUT2D eigenvalue weighted by Crippen LogP contribution is -2.26. The normalized spacial score (nSPS) is 14.1. The third-order valence-corrected chi connectivity index (χ3v) is 6.45. The van der Waals surface area contributed by atoms with Crippen LogP contribution in [0, 0.1) is 0 Å². The lowest BCUT2D eigenvalue weighted by atomic mass is 10.2. The van der Waals surface area contributed by atoms with Crippen molar-refractivity contribution in [1.82, 2.24) is 9.55 Å². The number of anilines is 1. The molecule has 144 valence electrons. The Balaban J connectivity index is 1.55. The molecule has 9 heteroatoms. The highest BCUT2D eigenvalue weighted by Crippen LogP contribution is 2.26. The van der Waals surface area contributed by atoms with Gasteiger partial charge in [-0.15, -0.1) is 11.3 Å². The Morgan fingerprint density at radius 1 is 1.21 bits per heavy atom. The number of benzene rings is 1. The number of aromatic nitrogens is 2. The highest BCUT2D eigenvalue weighted by molar-refractivity contribution is 7.98. The number of carboxylic acid groups (broad SMARTS) is 1. The van der Waals surface area contributed by atoms with Crippen LogP contribution in [0.25, 0.3) is 10.2 Å². The zero-order chi connectivity index (χ0) is 19.7. The number of hydrogen-bond donors (Lipinski definition) is 1. The Bertz CT molecular complexity index is 1100. The van der Waals surface area contributed by atoms with E-state index >= 15 is 0 Å². The van der Waals surface area contributed by atoms with E-state index < -0.39 is 12.5 Å². The second kappa shape index (κ2) is 7.76. The number of thioether (sulfide) groups is 1. The number of thiophene rings is 1. The number of carboxylic acids is 1. The summed E-state index contributed by atoms with van der Waals surface area (Å²) in [5.41, 5.74) is 2.15. The van der Waals surface area contributed by atoms with Gasteiger partial charge in [-0.05, 0) is 35.6 Å². The van der Waals surface area contributed by atoms with E-state index in [9.17, 15) is 14.4 Å². The molecule has 28 heavy (non-hydrogen) atoms. The zero-order valence-electron chi connectivity index (χ0n) is 14.8. The van der Waals surface area contributed by atoms with Crippen LogP contribution in [0.2, 0.25) is 0 Å². The quantitative estimate of drug-likeness (QED) is 0.492. The number of hydrogen-bond acceptors (Lipinski definition) is 6. The summed E-state index contributed by atoms with van der Waals surface area (Å²) in [6.07, 6.45) is 1.48. The summed E-state index contributed by atoms with van der Waals surface area (Å²) in [5.74, 6) is -0.398. The van der Waals surface area contributed by atoms with Gasteiger partial charge in [0.2, 0.25) is 5.91 Å². The van der Waals surface area contributed by atoms with Crippen molar-refractivity contribution in [1.29, 1.82) is 0 Å². The molecule has 1 saturated heterocycles. The fraction of sp³-hybridized carbons (Fsp3) is 0.263. The van der Waals surface area contributed by atoms with Crippen LogP contribution in [0.4, 0.5) is 5.69 Å². The fourth-order valence-corrected chi connectivity index (χ4v) is 4.88. The summed E-state index contributed by atoms with van der Waals surface area (Å²) in [6.45, 7) is 0.330. The van der Waals surface area contributed by atoms with Crippen LogP contribution in [-0.2, 0) is 21.9 Å². The Morgan fingerprint density at radius 2 is 2.00 bits per heavy atom. The minimum Gasteiger partial charge on any atom is -0.480 e. The molecule has 1 aromatic carbocycles. The topological polar surface area (TPSA) is 92.5 Å². The zero-order valence-corrected chi connectivity index (χ0v) is 16.5. The molecule has 0 spiro atoms. The van der Waals surface area contributed by atoms with Crippen LogP contribution in [0.5, 0.6) is 0 Å². The third-order valence-electron chi connectivity index (χ3n) is 4.51. The van der Waals surface area contributed by atoms with Gasteiger partial charge in [0.1, 0.15) is 11.2 Å². The van der Waals surface area contributed by atoms with E-state index in [-0.39, 0.29) is 11.5 Å². The first kappa shape index (κ1) is 18.7. The molecule has 0 atom stereocenters. The molecule has 1 fully saturated rings. The van der Waals surface area contributed by atoms with Crippen LogP contribution in [0.3, 0.4) is 0 Å². The molecule has 3 heterocycles. The molecule has 0 radical (unpaired) electrons. The van der Waals surface area contributed by atoms with Crippen molar-refractivity contribution in [2.45, 2.75) is 30.3 Å². The highest BCUT2D eigenvalue weighted by Gasteiger charge is 2.21. The molecular formula is C19H17N3O4S2. The Kier molecular flexibility index (Phi) is 5.19. The van der Waals surface area contributed by atoms with Gasteiger partial charge in [0.25, 0.3) is 5.56 Å². The Labute approximate surface area is 168 Å². The van der Waals surface area contributed by atoms with E-state index in [0.29, 0.717) is 27.5 Å². The number of fused-ring (bicyclic) bond motifs is 1. The predicted molar refractivity (Wildman–Crippen MR) is 109 cm³/mol. The van der Waals surface area contributed by atoms with Gasteiger partial charge in [0.15, 0.2) is 5.16 Å².